The predicted molar refractivity (Wildman–Crippen MR) is 112 cm³/mol. The summed E-state index contributed by atoms with van der Waals surface area (Å²) < 4.78 is 5.21. The Kier molecular flexibility index (Phi) is 9.32. The first-order valence-electron chi connectivity index (χ1n) is 9.76. The molecule has 0 heterocycles. The van der Waals surface area contributed by atoms with Gasteiger partial charge >= 0.3 is 19.2 Å². The van der Waals surface area contributed by atoms with Gasteiger partial charge in [0, 0.05) is 6.42 Å². The Bertz CT molecular complexity index is 730. The first-order valence-corrected chi connectivity index (χ1v) is 9.76. The summed E-state index contributed by atoms with van der Waals surface area (Å²) in [5.41, 5.74) is 0.139. The molecule has 0 aliphatic heterocycles. The second kappa shape index (κ2) is 11.0. The number of amides is 2. The van der Waals surface area contributed by atoms with E-state index in [1.54, 1.807) is 32.9 Å². The molecule has 1 aromatic carbocycles. The topological polar surface area (TPSA) is 145 Å². The number of nitrogens with one attached hydrogen (secondary N) is 2. The van der Waals surface area contributed by atoms with Crippen LogP contribution in [0.1, 0.15) is 46.6 Å². The van der Waals surface area contributed by atoms with Gasteiger partial charge in [0.15, 0.2) is 0 Å². The van der Waals surface area contributed by atoms with Gasteiger partial charge in [-0.25, -0.2) is 9.59 Å². The van der Waals surface area contributed by atoms with Crippen LogP contribution >= 0.6 is 0 Å². The molecule has 0 saturated heterocycles. The Balaban J connectivity index is 3.01. The van der Waals surface area contributed by atoms with Crippen molar-refractivity contribution in [2.75, 3.05) is 0 Å². The third-order valence-corrected chi connectivity index (χ3v) is 4.05. The summed E-state index contributed by atoms with van der Waals surface area (Å²) in [6, 6.07) is 3.98. The Morgan fingerprint density at radius 1 is 1.03 bits per heavy atom. The van der Waals surface area contributed by atoms with Crippen molar-refractivity contribution in [3.05, 3.63) is 29.8 Å². The van der Waals surface area contributed by atoms with Crippen LogP contribution in [0.25, 0.3) is 0 Å². The number of alkyl carbamates (subject to hydrolysis) is 1. The Morgan fingerprint density at radius 2 is 1.60 bits per heavy atom. The monoisotopic (exact) mass is 422 g/mol. The van der Waals surface area contributed by atoms with E-state index in [4.69, 9.17) is 4.74 Å². The lowest BCUT2D eigenvalue weighted by molar-refractivity contribution is -0.142. The van der Waals surface area contributed by atoms with Gasteiger partial charge in [0.1, 0.15) is 17.7 Å². The first kappa shape index (κ1) is 25.5. The molecule has 0 aromatic heterocycles. The van der Waals surface area contributed by atoms with Gasteiger partial charge in [0.2, 0.25) is 5.91 Å². The Morgan fingerprint density at radius 3 is 2.03 bits per heavy atom. The van der Waals surface area contributed by atoms with Gasteiger partial charge in [-0.05, 0) is 44.1 Å². The van der Waals surface area contributed by atoms with Crippen molar-refractivity contribution in [1.29, 1.82) is 0 Å². The molecule has 0 fully saturated rings. The van der Waals surface area contributed by atoms with Crippen LogP contribution < -0.4 is 16.1 Å². The molecular formula is C20H31BN2O7. The van der Waals surface area contributed by atoms with E-state index in [0.717, 1.165) is 0 Å². The lowest BCUT2D eigenvalue weighted by atomic mass is 9.80. The number of carbonyl (C=O) groups is 3. The molecule has 0 spiro atoms. The van der Waals surface area contributed by atoms with Crippen LogP contribution in [-0.4, -0.2) is 57.9 Å². The smallest absolute Gasteiger partial charge is 0.480 e. The van der Waals surface area contributed by atoms with Crippen molar-refractivity contribution >= 4 is 30.6 Å². The quantitative estimate of drug-likeness (QED) is 0.363. The van der Waals surface area contributed by atoms with E-state index in [1.807, 2.05) is 13.8 Å². The molecule has 2 atom stereocenters. The SMILES string of the molecule is CC(C)C[C@H](NC(=O)[C@H](Cc1ccc(B(O)O)cc1)NC(=O)OC(C)(C)C)C(=O)O. The zero-order valence-electron chi connectivity index (χ0n) is 18.0. The molecule has 9 nitrogen and oxygen atoms in total. The minimum absolute atomic E-state index is 0.0427. The van der Waals surface area contributed by atoms with Crippen LogP contribution in [0.4, 0.5) is 4.79 Å². The maximum atomic E-state index is 12.8. The van der Waals surface area contributed by atoms with E-state index in [2.05, 4.69) is 10.6 Å². The number of aliphatic carboxylic acids is 1. The normalized spacial score (nSPS) is 13.3. The molecule has 0 radical (unpaired) electrons. The van der Waals surface area contributed by atoms with Gasteiger partial charge < -0.3 is 30.5 Å². The fraction of sp³-hybridized carbons (Fsp3) is 0.550. The van der Waals surface area contributed by atoms with Crippen LogP contribution in [0.15, 0.2) is 24.3 Å². The van der Waals surface area contributed by atoms with Crippen LogP contribution in [0, 0.1) is 5.92 Å². The zero-order valence-corrected chi connectivity index (χ0v) is 18.0. The van der Waals surface area contributed by atoms with Crippen molar-refractivity contribution in [2.24, 2.45) is 5.92 Å². The number of carboxylic acids is 1. The van der Waals surface area contributed by atoms with E-state index in [-0.39, 0.29) is 24.2 Å². The van der Waals surface area contributed by atoms with Crippen molar-refractivity contribution in [1.82, 2.24) is 10.6 Å². The van der Waals surface area contributed by atoms with E-state index in [0.29, 0.717) is 5.56 Å². The van der Waals surface area contributed by atoms with E-state index < -0.39 is 42.8 Å². The van der Waals surface area contributed by atoms with Gasteiger partial charge in [0.05, 0.1) is 0 Å². The second-order valence-electron chi connectivity index (χ2n) is 8.55. The summed E-state index contributed by atoms with van der Waals surface area (Å²) in [4.78, 5) is 36.5. The first-order chi connectivity index (χ1) is 13.8. The van der Waals surface area contributed by atoms with Crippen LogP contribution in [0.5, 0.6) is 0 Å². The van der Waals surface area contributed by atoms with E-state index in [1.165, 1.54) is 12.1 Å². The number of hydrogen-bond donors (Lipinski definition) is 5. The highest BCUT2D eigenvalue weighted by atomic mass is 16.6. The van der Waals surface area contributed by atoms with E-state index >= 15 is 0 Å². The minimum atomic E-state index is -1.62. The standard InChI is InChI=1S/C20H31BN2O7/c1-12(2)10-16(18(25)26)22-17(24)15(23-19(27)30-20(3,4)5)11-13-6-8-14(9-7-13)21(28)29/h6-9,12,15-16,28-29H,10-11H2,1-5H3,(H,22,24)(H,23,27)(H,25,26)/t15-,16-/m0/s1. The molecule has 0 bridgehead atoms. The number of benzene rings is 1. The summed E-state index contributed by atoms with van der Waals surface area (Å²) in [6.07, 6.45) is -0.509. The van der Waals surface area contributed by atoms with Crippen LogP contribution in [0.3, 0.4) is 0 Å². The number of hydrogen-bond acceptors (Lipinski definition) is 6. The lowest BCUT2D eigenvalue weighted by Crippen LogP contribution is -2.53. The highest BCUT2D eigenvalue weighted by molar-refractivity contribution is 6.58. The predicted octanol–water partition coefficient (Wildman–Crippen LogP) is 0.418. The average Bonchev–Trinajstić information content (AvgIpc) is 2.58. The molecule has 0 aliphatic carbocycles. The van der Waals surface area contributed by atoms with Crippen molar-refractivity contribution < 1.29 is 34.3 Å². The molecule has 10 heteroatoms. The van der Waals surface area contributed by atoms with Gasteiger partial charge in [0.25, 0.3) is 0 Å². The summed E-state index contributed by atoms with van der Waals surface area (Å²) >= 11 is 0. The number of carbonyl (C=O) groups excluding carboxylic acids is 2. The van der Waals surface area contributed by atoms with Crippen LogP contribution in [0.2, 0.25) is 0 Å². The fourth-order valence-electron chi connectivity index (χ4n) is 2.69. The number of rotatable bonds is 9. The third-order valence-electron chi connectivity index (χ3n) is 4.05. The Labute approximate surface area is 177 Å². The molecular weight excluding hydrogens is 391 g/mol. The number of carboxylic acid groups (broad SMARTS) is 1. The molecule has 166 valence electrons. The number of ether oxygens (including phenoxy) is 1. The summed E-state index contributed by atoms with van der Waals surface area (Å²) in [5.74, 6) is -1.77. The highest BCUT2D eigenvalue weighted by Crippen LogP contribution is 2.10. The summed E-state index contributed by atoms with van der Waals surface area (Å²) in [6.45, 7) is 8.74. The van der Waals surface area contributed by atoms with E-state index in [9.17, 15) is 29.5 Å². The second-order valence-corrected chi connectivity index (χ2v) is 8.55. The molecule has 1 aromatic rings. The van der Waals surface area contributed by atoms with Gasteiger partial charge in [-0.15, -0.1) is 0 Å². The Hall–Kier alpha value is -2.59. The molecule has 0 aliphatic rings. The maximum absolute atomic E-state index is 12.8. The summed E-state index contributed by atoms with van der Waals surface area (Å²) in [7, 11) is -1.62. The van der Waals surface area contributed by atoms with Gasteiger partial charge in [-0.1, -0.05) is 38.1 Å². The van der Waals surface area contributed by atoms with Crippen molar-refractivity contribution in [3.8, 4) is 0 Å². The molecule has 30 heavy (non-hydrogen) atoms. The third kappa shape index (κ3) is 9.28. The largest absolute Gasteiger partial charge is 0.488 e. The van der Waals surface area contributed by atoms with Gasteiger partial charge in [-0.3, -0.25) is 4.79 Å². The molecule has 0 unspecified atom stereocenters. The van der Waals surface area contributed by atoms with Crippen molar-refractivity contribution in [3.63, 3.8) is 0 Å². The maximum Gasteiger partial charge on any atom is 0.488 e. The molecule has 5 N–H and O–H groups in total. The molecule has 1 rings (SSSR count). The highest BCUT2D eigenvalue weighted by Gasteiger charge is 2.29. The van der Waals surface area contributed by atoms with Crippen molar-refractivity contribution in [2.45, 2.75) is 65.1 Å². The van der Waals surface area contributed by atoms with Crippen LogP contribution in [-0.2, 0) is 20.7 Å². The zero-order chi connectivity index (χ0) is 23.1. The molecule has 2 amide bonds. The minimum Gasteiger partial charge on any atom is -0.480 e. The molecule has 0 saturated carbocycles. The van der Waals surface area contributed by atoms with Gasteiger partial charge in [-0.2, -0.15) is 0 Å². The summed E-state index contributed by atoms with van der Waals surface area (Å²) in [5, 5.41) is 32.7. The fourth-order valence-corrected chi connectivity index (χ4v) is 2.69. The lowest BCUT2D eigenvalue weighted by Gasteiger charge is -2.25. The average molecular weight is 422 g/mol.